The molecule has 1 saturated heterocycles. The molecule has 2 rings (SSSR count). The first-order valence-electron chi connectivity index (χ1n) is 7.25. The number of nitrogens with one attached hydrogen (secondary N) is 1. The third-order valence-corrected chi connectivity index (χ3v) is 4.07. The second-order valence-electron chi connectivity index (χ2n) is 5.66. The zero-order valence-corrected chi connectivity index (χ0v) is 12.6. The number of hydrogen-bond acceptors (Lipinski definition) is 3. The minimum Gasteiger partial charge on any atom is -0.396 e. The molecule has 1 atom stereocenters. The molecule has 0 spiro atoms. The fraction of sp³-hybridized carbons (Fsp3) is 0.500. The van der Waals surface area contributed by atoms with Crippen molar-refractivity contribution in [3.63, 3.8) is 0 Å². The summed E-state index contributed by atoms with van der Waals surface area (Å²) in [5.74, 6) is -0.156. The van der Waals surface area contributed by atoms with Crippen LogP contribution in [0.3, 0.4) is 0 Å². The van der Waals surface area contributed by atoms with Gasteiger partial charge in [0.15, 0.2) is 0 Å². The van der Waals surface area contributed by atoms with Gasteiger partial charge in [0.05, 0.1) is 6.54 Å². The second kappa shape index (κ2) is 6.72. The van der Waals surface area contributed by atoms with E-state index in [-0.39, 0.29) is 30.9 Å². The number of aliphatic hydroxyl groups excluding tert-OH is 1. The van der Waals surface area contributed by atoms with Gasteiger partial charge in [-0.1, -0.05) is 6.07 Å². The van der Waals surface area contributed by atoms with Crippen molar-refractivity contribution >= 4 is 11.8 Å². The van der Waals surface area contributed by atoms with Crippen LogP contribution in [0.1, 0.15) is 27.9 Å². The van der Waals surface area contributed by atoms with Crippen molar-refractivity contribution < 1.29 is 14.7 Å². The Morgan fingerprint density at radius 2 is 2.10 bits per heavy atom. The maximum atomic E-state index is 12.0. The number of likely N-dealkylation sites (tertiary alicyclic amines) is 1. The minimum absolute atomic E-state index is 0.00387. The first kappa shape index (κ1) is 15.5. The lowest BCUT2D eigenvalue weighted by molar-refractivity contribution is -0.129. The monoisotopic (exact) mass is 290 g/mol. The van der Waals surface area contributed by atoms with E-state index in [0.29, 0.717) is 18.7 Å². The average molecular weight is 290 g/mol. The van der Waals surface area contributed by atoms with Crippen molar-refractivity contribution in [1.82, 2.24) is 10.2 Å². The van der Waals surface area contributed by atoms with E-state index in [4.69, 9.17) is 5.11 Å². The molecule has 1 heterocycles. The number of aliphatic hydroxyl groups is 1. The summed E-state index contributed by atoms with van der Waals surface area (Å²) in [5, 5.41) is 11.7. The molecule has 1 aromatic rings. The predicted octanol–water partition coefficient (Wildman–Crippen LogP) is 0.874. The van der Waals surface area contributed by atoms with Gasteiger partial charge in [0, 0.05) is 31.2 Å². The number of carbonyl (C=O) groups excluding carboxylic acids is 2. The molecule has 1 fully saturated rings. The molecule has 1 aromatic carbocycles. The van der Waals surface area contributed by atoms with E-state index < -0.39 is 0 Å². The molecule has 1 unspecified atom stereocenters. The van der Waals surface area contributed by atoms with Gasteiger partial charge in [0.2, 0.25) is 5.91 Å². The van der Waals surface area contributed by atoms with Crippen LogP contribution in [0, 0.1) is 19.8 Å². The highest BCUT2D eigenvalue weighted by atomic mass is 16.3. The predicted molar refractivity (Wildman–Crippen MR) is 80.0 cm³/mol. The summed E-state index contributed by atoms with van der Waals surface area (Å²) in [6.07, 6.45) is 0.827. The van der Waals surface area contributed by atoms with Gasteiger partial charge in [-0.25, -0.2) is 0 Å². The summed E-state index contributed by atoms with van der Waals surface area (Å²) in [4.78, 5) is 25.7. The fourth-order valence-corrected chi connectivity index (χ4v) is 2.46. The summed E-state index contributed by atoms with van der Waals surface area (Å²) in [6.45, 7) is 5.29. The number of rotatable bonds is 4. The Morgan fingerprint density at radius 3 is 2.71 bits per heavy atom. The van der Waals surface area contributed by atoms with Crippen LogP contribution >= 0.6 is 0 Å². The standard InChI is InChI=1S/C16H22N2O3/c1-11-3-4-14(7-12(11)2)16(21)17-8-15(20)18-6-5-13(9-18)10-19/h3-4,7,13,19H,5-6,8-10H2,1-2H3,(H,17,21). The highest BCUT2D eigenvalue weighted by Gasteiger charge is 2.25. The van der Waals surface area contributed by atoms with E-state index in [0.717, 1.165) is 17.5 Å². The molecule has 0 aromatic heterocycles. The summed E-state index contributed by atoms with van der Waals surface area (Å²) in [7, 11) is 0. The van der Waals surface area contributed by atoms with Gasteiger partial charge in [0.1, 0.15) is 0 Å². The smallest absolute Gasteiger partial charge is 0.251 e. The third kappa shape index (κ3) is 3.82. The van der Waals surface area contributed by atoms with Crippen LogP contribution in [-0.2, 0) is 4.79 Å². The average Bonchev–Trinajstić information content (AvgIpc) is 2.96. The summed E-state index contributed by atoms with van der Waals surface area (Å²) in [6, 6.07) is 5.49. The van der Waals surface area contributed by atoms with Gasteiger partial charge in [-0.3, -0.25) is 9.59 Å². The number of nitrogens with zero attached hydrogens (tertiary/aromatic N) is 1. The van der Waals surface area contributed by atoms with Crippen LogP contribution in [-0.4, -0.2) is 48.1 Å². The molecule has 1 aliphatic heterocycles. The molecule has 0 saturated carbocycles. The molecule has 0 aliphatic carbocycles. The van der Waals surface area contributed by atoms with Crippen LogP contribution in [0.5, 0.6) is 0 Å². The van der Waals surface area contributed by atoms with Gasteiger partial charge >= 0.3 is 0 Å². The maximum Gasteiger partial charge on any atom is 0.251 e. The molecule has 2 amide bonds. The van der Waals surface area contributed by atoms with Crippen LogP contribution in [0.15, 0.2) is 18.2 Å². The Morgan fingerprint density at radius 1 is 1.33 bits per heavy atom. The zero-order valence-electron chi connectivity index (χ0n) is 12.6. The number of carbonyl (C=O) groups is 2. The SMILES string of the molecule is Cc1ccc(C(=O)NCC(=O)N2CCC(CO)C2)cc1C. The molecule has 0 bridgehead atoms. The Hall–Kier alpha value is -1.88. The van der Waals surface area contributed by atoms with Gasteiger partial charge in [-0.15, -0.1) is 0 Å². The highest BCUT2D eigenvalue weighted by Crippen LogP contribution is 2.15. The van der Waals surface area contributed by atoms with Gasteiger partial charge in [-0.05, 0) is 43.5 Å². The van der Waals surface area contributed by atoms with Crippen molar-refractivity contribution in [2.75, 3.05) is 26.2 Å². The number of benzene rings is 1. The van der Waals surface area contributed by atoms with E-state index in [1.54, 1.807) is 11.0 Å². The normalized spacial score (nSPS) is 17.9. The van der Waals surface area contributed by atoms with Crippen molar-refractivity contribution in [3.05, 3.63) is 34.9 Å². The molecule has 21 heavy (non-hydrogen) atoms. The summed E-state index contributed by atoms with van der Waals surface area (Å²) < 4.78 is 0. The van der Waals surface area contributed by atoms with Crippen molar-refractivity contribution in [2.24, 2.45) is 5.92 Å². The molecule has 5 heteroatoms. The largest absolute Gasteiger partial charge is 0.396 e. The van der Waals surface area contributed by atoms with E-state index in [9.17, 15) is 9.59 Å². The number of amides is 2. The van der Waals surface area contributed by atoms with E-state index >= 15 is 0 Å². The summed E-state index contributed by atoms with van der Waals surface area (Å²) >= 11 is 0. The van der Waals surface area contributed by atoms with Crippen molar-refractivity contribution in [3.8, 4) is 0 Å². The molecule has 114 valence electrons. The molecule has 0 radical (unpaired) electrons. The maximum absolute atomic E-state index is 12.0. The van der Waals surface area contributed by atoms with Gasteiger partial charge in [0.25, 0.3) is 5.91 Å². The Bertz CT molecular complexity index is 542. The van der Waals surface area contributed by atoms with Gasteiger partial charge < -0.3 is 15.3 Å². The van der Waals surface area contributed by atoms with Crippen LogP contribution < -0.4 is 5.32 Å². The molecular formula is C16H22N2O3. The highest BCUT2D eigenvalue weighted by molar-refractivity contribution is 5.96. The molecule has 5 nitrogen and oxygen atoms in total. The first-order chi connectivity index (χ1) is 10.0. The van der Waals surface area contributed by atoms with Crippen LogP contribution in [0.4, 0.5) is 0 Å². The van der Waals surface area contributed by atoms with E-state index in [1.165, 1.54) is 0 Å². The zero-order chi connectivity index (χ0) is 15.4. The van der Waals surface area contributed by atoms with Crippen molar-refractivity contribution in [1.29, 1.82) is 0 Å². The van der Waals surface area contributed by atoms with Crippen molar-refractivity contribution in [2.45, 2.75) is 20.3 Å². The summed E-state index contributed by atoms with van der Waals surface area (Å²) in [5.41, 5.74) is 2.76. The number of aryl methyl sites for hydroxylation is 2. The lowest BCUT2D eigenvalue weighted by atomic mass is 10.1. The molecular weight excluding hydrogens is 268 g/mol. The molecule has 1 aliphatic rings. The Labute approximate surface area is 125 Å². The Balaban J connectivity index is 1.86. The lowest BCUT2D eigenvalue weighted by Gasteiger charge is -2.16. The molecule has 2 N–H and O–H groups in total. The topological polar surface area (TPSA) is 69.6 Å². The van der Waals surface area contributed by atoms with Gasteiger partial charge in [-0.2, -0.15) is 0 Å². The lowest BCUT2D eigenvalue weighted by Crippen LogP contribution is -2.39. The van der Waals surface area contributed by atoms with Crippen LogP contribution in [0.25, 0.3) is 0 Å². The first-order valence-corrected chi connectivity index (χ1v) is 7.25. The minimum atomic E-state index is -0.232. The third-order valence-electron chi connectivity index (χ3n) is 4.07. The number of hydrogen-bond donors (Lipinski definition) is 2. The quantitative estimate of drug-likeness (QED) is 0.864. The fourth-order valence-electron chi connectivity index (χ4n) is 2.46. The van der Waals surface area contributed by atoms with Crippen LogP contribution in [0.2, 0.25) is 0 Å². The second-order valence-corrected chi connectivity index (χ2v) is 5.66. The Kier molecular flexibility index (Phi) is 4.96. The van der Waals surface area contributed by atoms with E-state index in [1.807, 2.05) is 26.0 Å². The van der Waals surface area contributed by atoms with E-state index in [2.05, 4.69) is 5.32 Å².